The Morgan fingerprint density at radius 2 is 0.908 bits per heavy atom. The minimum Gasteiger partial charge on any atom is -0.481 e. The smallest absolute Gasteiger partial charge is 0.407 e. The second-order valence-electron chi connectivity index (χ2n) is 19.3. The summed E-state index contributed by atoms with van der Waals surface area (Å²) in [6.07, 6.45) is 18.3. The van der Waals surface area contributed by atoms with Crippen molar-refractivity contribution in [2.24, 2.45) is 0 Å². The van der Waals surface area contributed by atoms with Gasteiger partial charge >= 0.3 is 12.1 Å². The molecule has 0 unspecified atom stereocenters. The highest BCUT2D eigenvalue weighted by Gasteiger charge is 2.52. The van der Waals surface area contributed by atoms with E-state index in [1.54, 1.807) is 0 Å². The summed E-state index contributed by atoms with van der Waals surface area (Å²) in [7, 11) is 0. The zero-order chi connectivity index (χ0) is 46.8. The van der Waals surface area contributed by atoms with Crippen LogP contribution in [0.25, 0.3) is 0 Å². The molecule has 0 heterocycles. The number of nitrogens with one attached hydrogen (secondary N) is 4. The van der Waals surface area contributed by atoms with E-state index < -0.39 is 23.1 Å². The first-order valence-corrected chi connectivity index (χ1v) is 24.8. The van der Waals surface area contributed by atoms with Gasteiger partial charge in [0.1, 0.15) is 5.60 Å². The molecule has 2 bridgehead atoms. The van der Waals surface area contributed by atoms with Gasteiger partial charge in [-0.3, -0.25) is 19.2 Å². The van der Waals surface area contributed by atoms with Gasteiger partial charge in [0.25, 0.3) is 0 Å². The molecule has 3 aliphatic carbocycles. The van der Waals surface area contributed by atoms with Crippen molar-refractivity contribution in [1.82, 2.24) is 5.32 Å². The van der Waals surface area contributed by atoms with Crippen molar-refractivity contribution in [1.29, 1.82) is 0 Å². The van der Waals surface area contributed by atoms with Crippen LogP contribution in [-0.4, -0.2) is 47.0 Å². The maximum absolute atomic E-state index is 13.4. The molecule has 4 amide bonds. The lowest BCUT2D eigenvalue weighted by Gasteiger charge is -2.51. The van der Waals surface area contributed by atoms with Crippen LogP contribution in [0.5, 0.6) is 0 Å². The molecular formula is C54H76N4O7. The molecular weight excluding hydrogens is 817 g/mol. The van der Waals surface area contributed by atoms with Crippen LogP contribution < -0.4 is 21.3 Å². The number of carbonyl (C=O) groups is 5. The predicted octanol–water partition coefficient (Wildman–Crippen LogP) is 12.9. The SMILES string of the molecule is CCCCCCCCC(=O)Nc1ccc2c(c1)C1(CCC(=O)O)c3cc(NC(=O)CCCCCCCC)ccc3C2c2ccc(NC(=O)CCCCCCCNC(=O)OC(C)(C)C)cc21. The van der Waals surface area contributed by atoms with Crippen LogP contribution in [0.2, 0.25) is 0 Å². The first kappa shape index (κ1) is 50.8. The number of rotatable bonds is 28. The average Bonchev–Trinajstić information content (AvgIpc) is 3.25. The summed E-state index contributed by atoms with van der Waals surface area (Å²) in [5.41, 5.74) is 6.43. The molecule has 0 radical (unpaired) electrons. The van der Waals surface area contributed by atoms with Gasteiger partial charge in [0.2, 0.25) is 17.7 Å². The Labute approximate surface area is 388 Å². The highest BCUT2D eigenvalue weighted by atomic mass is 16.6. The fourth-order valence-corrected chi connectivity index (χ4v) is 9.65. The summed E-state index contributed by atoms with van der Waals surface area (Å²) in [6.45, 7) is 10.4. The van der Waals surface area contributed by atoms with E-state index in [1.807, 2.05) is 57.2 Å². The topological polar surface area (TPSA) is 163 Å². The number of anilines is 3. The Balaban J connectivity index is 1.37. The van der Waals surface area contributed by atoms with Gasteiger partial charge in [0.15, 0.2) is 0 Å². The number of amides is 4. The molecule has 3 aliphatic rings. The van der Waals surface area contributed by atoms with E-state index in [0.717, 1.165) is 104 Å². The molecule has 5 N–H and O–H groups in total. The number of hydrogen-bond donors (Lipinski definition) is 5. The van der Waals surface area contributed by atoms with Crippen LogP contribution in [0.3, 0.4) is 0 Å². The number of alkyl carbamates (subject to hydrolysis) is 1. The van der Waals surface area contributed by atoms with E-state index in [4.69, 9.17) is 4.74 Å². The van der Waals surface area contributed by atoms with E-state index >= 15 is 0 Å². The number of aliphatic carboxylic acids is 1. The summed E-state index contributed by atoms with van der Waals surface area (Å²) in [5, 5.41) is 22.5. The van der Waals surface area contributed by atoms with Gasteiger partial charge in [-0.2, -0.15) is 0 Å². The molecule has 6 rings (SSSR count). The monoisotopic (exact) mass is 893 g/mol. The normalized spacial score (nSPS) is 15.6. The maximum atomic E-state index is 13.4. The molecule has 65 heavy (non-hydrogen) atoms. The second kappa shape index (κ2) is 24.9. The van der Waals surface area contributed by atoms with E-state index in [0.29, 0.717) is 42.9 Å². The van der Waals surface area contributed by atoms with Gasteiger partial charge in [-0.25, -0.2) is 4.79 Å². The van der Waals surface area contributed by atoms with Crippen molar-refractivity contribution in [3.63, 3.8) is 0 Å². The lowest BCUT2D eigenvalue weighted by Crippen LogP contribution is -2.43. The third-order valence-electron chi connectivity index (χ3n) is 12.8. The van der Waals surface area contributed by atoms with Crippen molar-refractivity contribution in [2.75, 3.05) is 22.5 Å². The zero-order valence-electron chi connectivity index (χ0n) is 39.9. The third kappa shape index (κ3) is 14.7. The van der Waals surface area contributed by atoms with Crippen molar-refractivity contribution in [2.45, 2.75) is 193 Å². The van der Waals surface area contributed by atoms with Crippen LogP contribution in [0.15, 0.2) is 54.6 Å². The number of unbranched alkanes of at least 4 members (excludes halogenated alkanes) is 14. The fraction of sp³-hybridized carbons (Fsp3) is 0.574. The molecule has 11 heteroatoms. The molecule has 0 atom stereocenters. The molecule has 3 aromatic carbocycles. The second-order valence-corrected chi connectivity index (χ2v) is 19.3. The Bertz CT molecular complexity index is 2010. The summed E-state index contributed by atoms with van der Waals surface area (Å²) in [6, 6.07) is 18.1. The van der Waals surface area contributed by atoms with E-state index in [1.165, 1.54) is 38.5 Å². The lowest BCUT2D eigenvalue weighted by atomic mass is 9.51. The number of carboxylic acid groups (broad SMARTS) is 1. The summed E-state index contributed by atoms with van der Waals surface area (Å²) in [5.74, 6) is -1.28. The van der Waals surface area contributed by atoms with Crippen molar-refractivity contribution in [3.8, 4) is 0 Å². The molecule has 354 valence electrons. The number of ether oxygens (including phenoxy) is 1. The molecule has 11 nitrogen and oxygen atoms in total. The maximum Gasteiger partial charge on any atom is 0.407 e. The first-order valence-electron chi connectivity index (χ1n) is 24.8. The van der Waals surface area contributed by atoms with Crippen molar-refractivity contribution < 1.29 is 33.8 Å². The molecule has 0 aliphatic heterocycles. The van der Waals surface area contributed by atoms with Crippen molar-refractivity contribution >= 4 is 46.8 Å². The van der Waals surface area contributed by atoms with Crippen molar-refractivity contribution in [3.05, 3.63) is 88.0 Å². The number of hydrogen-bond acceptors (Lipinski definition) is 6. The van der Waals surface area contributed by atoms with E-state index in [2.05, 4.69) is 53.3 Å². The zero-order valence-corrected chi connectivity index (χ0v) is 39.9. The minimum atomic E-state index is -0.952. The largest absolute Gasteiger partial charge is 0.481 e. The number of carbonyl (C=O) groups excluding carboxylic acids is 4. The van der Waals surface area contributed by atoms with Gasteiger partial charge < -0.3 is 31.1 Å². The van der Waals surface area contributed by atoms with Crippen LogP contribution in [-0.2, 0) is 29.3 Å². The van der Waals surface area contributed by atoms with Crippen LogP contribution in [0, 0.1) is 0 Å². The van der Waals surface area contributed by atoms with E-state index in [9.17, 15) is 29.1 Å². The number of benzene rings is 3. The molecule has 0 saturated carbocycles. The van der Waals surface area contributed by atoms with Gasteiger partial charge in [0, 0.05) is 60.6 Å². The standard InChI is InChI=1S/C54H76N4O7/c1-6-8-10-12-15-19-23-47(59)56-38-26-29-41-44(35-38)54(33-32-50(62)63)45-36-39(57-48(60)24-20-16-13-11-9-7-2)27-30-42(45)51(41)43-31-28-40(37-46(43)54)58-49(61)25-21-17-14-18-22-34-55-52(64)65-53(3,4)5/h26-31,35-37,51H,6-25,32-34H2,1-5H3,(H,55,64)(H,56,59)(H,57,60)(H,58,61)(H,62,63). The van der Waals surface area contributed by atoms with Crippen LogP contribution in [0.1, 0.15) is 215 Å². The van der Waals surface area contributed by atoms with Crippen LogP contribution in [0.4, 0.5) is 21.9 Å². The Hall–Kier alpha value is -5.19. The Kier molecular flexibility index (Phi) is 19.5. The Morgan fingerprint density at radius 1 is 0.538 bits per heavy atom. The average molecular weight is 893 g/mol. The highest BCUT2D eigenvalue weighted by Crippen LogP contribution is 2.62. The highest BCUT2D eigenvalue weighted by molar-refractivity contribution is 5.93. The van der Waals surface area contributed by atoms with Gasteiger partial charge in [-0.1, -0.05) is 116 Å². The lowest BCUT2D eigenvalue weighted by molar-refractivity contribution is -0.137. The third-order valence-corrected chi connectivity index (χ3v) is 12.8. The Morgan fingerprint density at radius 3 is 1.28 bits per heavy atom. The fourth-order valence-electron chi connectivity index (χ4n) is 9.65. The molecule has 3 aromatic rings. The summed E-state index contributed by atoms with van der Waals surface area (Å²) < 4.78 is 5.29. The number of carboxylic acids is 1. The molecule has 0 saturated heterocycles. The quantitative estimate of drug-likeness (QED) is 0.0453. The first-order chi connectivity index (χ1) is 31.2. The van der Waals surface area contributed by atoms with Crippen LogP contribution >= 0.6 is 0 Å². The minimum absolute atomic E-state index is 0.0441. The van der Waals surface area contributed by atoms with Gasteiger partial charge in [0.05, 0.1) is 0 Å². The molecule has 0 spiro atoms. The molecule has 0 aromatic heterocycles. The van der Waals surface area contributed by atoms with Gasteiger partial charge in [-0.15, -0.1) is 0 Å². The summed E-state index contributed by atoms with van der Waals surface area (Å²) in [4.78, 5) is 64.4. The predicted molar refractivity (Wildman–Crippen MR) is 261 cm³/mol. The summed E-state index contributed by atoms with van der Waals surface area (Å²) >= 11 is 0. The van der Waals surface area contributed by atoms with E-state index in [-0.39, 0.29) is 36.5 Å². The molecule has 0 fully saturated rings. The van der Waals surface area contributed by atoms with Gasteiger partial charge in [-0.05, 0) is 123 Å².